The molecule has 4 nitrogen and oxygen atoms in total. The first-order chi connectivity index (χ1) is 7.27. The van der Waals surface area contributed by atoms with E-state index in [1.807, 2.05) is 0 Å². The normalized spacial score (nSPS) is 11.6. The van der Waals surface area contributed by atoms with Crippen molar-refractivity contribution in [2.45, 2.75) is 0 Å². The fraction of sp³-hybridized carbons (Fsp3) is 0. The van der Waals surface area contributed by atoms with Gasteiger partial charge < -0.3 is 14.6 Å². The monoisotopic (exact) mass is 202 g/mol. The van der Waals surface area contributed by atoms with Gasteiger partial charge in [0.25, 0.3) is 0 Å². The second-order valence-electron chi connectivity index (χ2n) is 2.97. The van der Waals surface area contributed by atoms with Gasteiger partial charge in [-0.05, 0) is 30.3 Å². The maximum atomic E-state index is 7.69. The Morgan fingerprint density at radius 1 is 1.13 bits per heavy atom. The quantitative estimate of drug-likeness (QED) is 0.749. The summed E-state index contributed by atoms with van der Waals surface area (Å²) in [6, 6.07) is 6.91. The smallest absolute Gasteiger partial charge is 0.151 e. The highest BCUT2D eigenvalue weighted by Gasteiger charge is 2.04. The molecule has 0 spiro atoms. The average molecular weight is 202 g/mol. The van der Waals surface area contributed by atoms with E-state index in [-0.39, 0.29) is 5.71 Å². The van der Waals surface area contributed by atoms with Gasteiger partial charge in [0.1, 0.15) is 5.76 Å². The highest BCUT2D eigenvalue weighted by molar-refractivity contribution is 6.07. The minimum absolute atomic E-state index is 0.217. The molecule has 0 aliphatic rings. The number of hydrogen-bond acceptors (Lipinski definition) is 4. The van der Waals surface area contributed by atoms with Gasteiger partial charge in [-0.3, -0.25) is 5.41 Å². The highest BCUT2D eigenvalue weighted by Crippen LogP contribution is 2.11. The maximum absolute atomic E-state index is 7.69. The first kappa shape index (κ1) is 9.33. The van der Waals surface area contributed by atoms with Gasteiger partial charge in [0, 0.05) is 0 Å². The maximum Gasteiger partial charge on any atom is 0.151 e. The zero-order chi connectivity index (χ0) is 10.7. The van der Waals surface area contributed by atoms with Crippen LogP contribution in [0.1, 0.15) is 11.5 Å². The predicted octanol–water partition coefficient (Wildman–Crippen LogP) is 2.24. The van der Waals surface area contributed by atoms with Crippen molar-refractivity contribution >= 4 is 11.4 Å². The van der Waals surface area contributed by atoms with Crippen LogP contribution in [0, 0.1) is 5.41 Å². The molecule has 0 amide bonds. The molecule has 0 fully saturated rings. The lowest BCUT2D eigenvalue weighted by Crippen LogP contribution is -2.00. The number of hydrogen-bond donors (Lipinski definition) is 2. The van der Waals surface area contributed by atoms with E-state index in [2.05, 4.69) is 0 Å². The Balaban J connectivity index is 2.21. The Morgan fingerprint density at radius 2 is 1.73 bits per heavy atom. The molecule has 76 valence electrons. The van der Waals surface area contributed by atoms with E-state index < -0.39 is 0 Å². The van der Waals surface area contributed by atoms with Gasteiger partial charge in [-0.1, -0.05) is 0 Å². The predicted molar refractivity (Wildman–Crippen MR) is 56.4 cm³/mol. The zero-order valence-corrected chi connectivity index (χ0v) is 7.94. The molecule has 0 bridgehead atoms. The Hall–Kier alpha value is -2.23. The summed E-state index contributed by atoms with van der Waals surface area (Å²) in [6.07, 6.45) is 4.55. The van der Waals surface area contributed by atoms with Crippen molar-refractivity contribution in [1.29, 1.82) is 5.41 Å². The van der Waals surface area contributed by atoms with Crippen LogP contribution in [-0.4, -0.2) is 5.71 Å². The number of nitrogens with one attached hydrogen (secondary N) is 1. The van der Waals surface area contributed by atoms with Crippen LogP contribution in [-0.2, 0) is 0 Å². The van der Waals surface area contributed by atoms with Crippen molar-refractivity contribution in [3.63, 3.8) is 0 Å². The number of allylic oxidation sites excluding steroid dienone is 1. The number of furan rings is 2. The van der Waals surface area contributed by atoms with E-state index in [1.165, 1.54) is 18.6 Å². The lowest BCUT2D eigenvalue weighted by Gasteiger charge is -1.96. The van der Waals surface area contributed by atoms with Gasteiger partial charge in [0.15, 0.2) is 5.76 Å². The highest BCUT2D eigenvalue weighted by atomic mass is 16.3. The average Bonchev–Trinajstić information content (AvgIpc) is 2.91. The molecule has 0 aromatic carbocycles. The van der Waals surface area contributed by atoms with Gasteiger partial charge in [0.05, 0.1) is 23.9 Å². The lowest BCUT2D eigenvalue weighted by molar-refractivity contribution is 0.551. The third kappa shape index (κ3) is 1.99. The van der Waals surface area contributed by atoms with Gasteiger partial charge in [0.2, 0.25) is 0 Å². The standard InChI is InChI=1S/C11H10N2O2/c12-8(10-3-1-5-14-10)7-9(13)11-4-2-6-15-11/h1-7,12H,13H2. The van der Waals surface area contributed by atoms with Crippen molar-refractivity contribution < 1.29 is 8.83 Å². The fourth-order valence-corrected chi connectivity index (χ4v) is 1.17. The molecule has 0 saturated carbocycles. The van der Waals surface area contributed by atoms with Crippen molar-refractivity contribution in [2.24, 2.45) is 5.73 Å². The Labute approximate surface area is 86.5 Å². The third-order valence-electron chi connectivity index (χ3n) is 1.89. The van der Waals surface area contributed by atoms with Crippen LogP contribution in [0.5, 0.6) is 0 Å². The van der Waals surface area contributed by atoms with Gasteiger partial charge in [-0.15, -0.1) is 0 Å². The molecule has 0 atom stereocenters. The first-order valence-corrected chi connectivity index (χ1v) is 4.41. The molecule has 2 rings (SSSR count). The molecule has 0 unspecified atom stereocenters. The minimum Gasteiger partial charge on any atom is -0.463 e. The number of rotatable bonds is 3. The summed E-state index contributed by atoms with van der Waals surface area (Å²) in [5.41, 5.74) is 6.35. The molecule has 0 radical (unpaired) electrons. The Morgan fingerprint density at radius 3 is 2.27 bits per heavy atom. The van der Waals surface area contributed by atoms with Crippen molar-refractivity contribution in [3.8, 4) is 0 Å². The van der Waals surface area contributed by atoms with E-state index >= 15 is 0 Å². The van der Waals surface area contributed by atoms with E-state index in [4.69, 9.17) is 20.0 Å². The van der Waals surface area contributed by atoms with Crippen LogP contribution in [0.15, 0.2) is 51.7 Å². The summed E-state index contributed by atoms with van der Waals surface area (Å²) < 4.78 is 10.2. The fourth-order valence-electron chi connectivity index (χ4n) is 1.17. The summed E-state index contributed by atoms with van der Waals surface area (Å²) in [5, 5.41) is 7.69. The van der Waals surface area contributed by atoms with Crippen LogP contribution in [0.2, 0.25) is 0 Å². The van der Waals surface area contributed by atoms with Crippen LogP contribution >= 0.6 is 0 Å². The van der Waals surface area contributed by atoms with E-state index in [0.717, 1.165) is 0 Å². The van der Waals surface area contributed by atoms with E-state index in [0.29, 0.717) is 17.2 Å². The third-order valence-corrected chi connectivity index (χ3v) is 1.89. The largest absolute Gasteiger partial charge is 0.463 e. The molecule has 3 N–H and O–H groups in total. The summed E-state index contributed by atoms with van der Waals surface area (Å²) in [6.45, 7) is 0. The Bertz CT molecular complexity index is 467. The molecule has 0 saturated heterocycles. The minimum atomic E-state index is 0.217. The molecule has 2 heterocycles. The summed E-state index contributed by atoms with van der Waals surface area (Å²) in [4.78, 5) is 0. The summed E-state index contributed by atoms with van der Waals surface area (Å²) in [5.74, 6) is 1.02. The van der Waals surface area contributed by atoms with Crippen molar-refractivity contribution in [2.75, 3.05) is 0 Å². The van der Waals surface area contributed by atoms with Crippen molar-refractivity contribution in [1.82, 2.24) is 0 Å². The van der Waals surface area contributed by atoms with Gasteiger partial charge in [-0.25, -0.2) is 0 Å². The SMILES string of the molecule is N=C(C=C(N)c1ccco1)c1ccco1. The number of nitrogens with two attached hydrogens (primary N) is 1. The van der Waals surface area contributed by atoms with Crippen molar-refractivity contribution in [3.05, 3.63) is 54.4 Å². The Kier molecular flexibility index (Phi) is 2.41. The molecule has 4 heteroatoms. The molecular weight excluding hydrogens is 192 g/mol. The lowest BCUT2D eigenvalue weighted by atomic mass is 10.2. The summed E-state index contributed by atoms with van der Waals surface area (Å²) >= 11 is 0. The van der Waals surface area contributed by atoms with E-state index in [9.17, 15) is 0 Å². The summed E-state index contributed by atoms with van der Waals surface area (Å²) in [7, 11) is 0. The van der Waals surface area contributed by atoms with E-state index in [1.54, 1.807) is 24.3 Å². The molecule has 2 aromatic heterocycles. The molecule has 0 aliphatic heterocycles. The van der Waals surface area contributed by atoms with Gasteiger partial charge >= 0.3 is 0 Å². The van der Waals surface area contributed by atoms with Crippen LogP contribution in [0.4, 0.5) is 0 Å². The molecule has 0 aliphatic carbocycles. The second kappa shape index (κ2) is 3.88. The first-order valence-electron chi connectivity index (χ1n) is 4.41. The molecule has 15 heavy (non-hydrogen) atoms. The second-order valence-corrected chi connectivity index (χ2v) is 2.97. The zero-order valence-electron chi connectivity index (χ0n) is 7.94. The van der Waals surface area contributed by atoms with Crippen LogP contribution in [0.3, 0.4) is 0 Å². The topological polar surface area (TPSA) is 76.2 Å². The molecular formula is C11H10N2O2. The molecule has 2 aromatic rings. The van der Waals surface area contributed by atoms with Gasteiger partial charge in [-0.2, -0.15) is 0 Å². The van der Waals surface area contributed by atoms with Crippen LogP contribution < -0.4 is 5.73 Å². The van der Waals surface area contributed by atoms with Crippen LogP contribution in [0.25, 0.3) is 5.70 Å².